The summed E-state index contributed by atoms with van der Waals surface area (Å²) in [5, 5.41) is 0. The second kappa shape index (κ2) is 9.21. The van der Waals surface area contributed by atoms with Gasteiger partial charge in [0.1, 0.15) is 0 Å². The number of carbonyl (C=O) groups is 1. The van der Waals surface area contributed by atoms with Gasteiger partial charge in [-0.2, -0.15) is 0 Å². The Balaban J connectivity index is 0.00000121. The van der Waals surface area contributed by atoms with Gasteiger partial charge in [-0.25, -0.2) is 9.97 Å². The summed E-state index contributed by atoms with van der Waals surface area (Å²) < 4.78 is 0. The standard InChI is InChI=1S/C12H12N2O.C2H6/c1-3-5-6-10(4-2)11-7-13-12(9-15)14-8-11;1-2/h3-9H,1H2,2H3;1-2H3/b6-5-,10-4+;. The first-order valence-corrected chi connectivity index (χ1v) is 5.54. The molecule has 0 aliphatic carbocycles. The van der Waals surface area contributed by atoms with Crippen molar-refractivity contribution in [3.63, 3.8) is 0 Å². The van der Waals surface area contributed by atoms with Gasteiger partial charge < -0.3 is 0 Å². The third-order valence-corrected chi connectivity index (χ3v) is 1.83. The van der Waals surface area contributed by atoms with E-state index in [1.54, 1.807) is 18.5 Å². The van der Waals surface area contributed by atoms with E-state index in [1.165, 1.54) is 0 Å². The lowest BCUT2D eigenvalue weighted by Crippen LogP contribution is -1.93. The topological polar surface area (TPSA) is 42.9 Å². The minimum atomic E-state index is 0.196. The predicted octanol–water partition coefficient (Wildman–Crippen LogP) is 3.46. The van der Waals surface area contributed by atoms with Crippen LogP contribution >= 0.6 is 0 Å². The van der Waals surface area contributed by atoms with E-state index in [1.807, 2.05) is 39.0 Å². The molecule has 3 nitrogen and oxygen atoms in total. The smallest absolute Gasteiger partial charge is 0.192 e. The van der Waals surface area contributed by atoms with Crippen LogP contribution in [0.25, 0.3) is 5.57 Å². The monoisotopic (exact) mass is 230 g/mol. The molecule has 0 saturated carbocycles. The number of aromatic nitrogens is 2. The highest BCUT2D eigenvalue weighted by molar-refractivity contribution is 5.74. The normalized spacial score (nSPS) is 10.6. The zero-order valence-corrected chi connectivity index (χ0v) is 10.6. The molecule has 0 amide bonds. The number of allylic oxidation sites excluding steroid dienone is 5. The third kappa shape index (κ3) is 5.02. The summed E-state index contributed by atoms with van der Waals surface area (Å²) >= 11 is 0. The molecule has 0 atom stereocenters. The van der Waals surface area contributed by atoms with Gasteiger partial charge in [0.05, 0.1) is 0 Å². The maximum Gasteiger partial charge on any atom is 0.192 e. The molecule has 0 unspecified atom stereocenters. The number of hydrogen-bond donors (Lipinski definition) is 0. The molecule has 3 heteroatoms. The number of nitrogens with zero attached hydrogens (tertiary/aromatic N) is 2. The minimum absolute atomic E-state index is 0.196. The molecule has 1 aromatic heterocycles. The average Bonchev–Trinajstić information content (AvgIpc) is 2.42. The Kier molecular flexibility index (Phi) is 8.11. The summed E-state index contributed by atoms with van der Waals surface area (Å²) in [6.07, 6.45) is 11.3. The molecule has 90 valence electrons. The van der Waals surface area contributed by atoms with Crippen molar-refractivity contribution in [2.75, 3.05) is 0 Å². The highest BCUT2D eigenvalue weighted by Gasteiger charge is 1.98. The maximum atomic E-state index is 10.4. The highest BCUT2D eigenvalue weighted by atomic mass is 16.1. The van der Waals surface area contributed by atoms with Crippen molar-refractivity contribution in [3.05, 3.63) is 54.7 Å². The van der Waals surface area contributed by atoms with Crippen molar-refractivity contribution < 1.29 is 4.79 Å². The zero-order valence-electron chi connectivity index (χ0n) is 10.6. The molecule has 0 radical (unpaired) electrons. The summed E-state index contributed by atoms with van der Waals surface area (Å²) in [7, 11) is 0. The van der Waals surface area contributed by atoms with E-state index in [0.29, 0.717) is 6.29 Å². The number of aldehydes is 1. The fraction of sp³-hybridized carbons (Fsp3) is 0.214. The molecule has 1 heterocycles. The second-order valence-electron chi connectivity index (χ2n) is 2.79. The Hall–Kier alpha value is -2.03. The maximum absolute atomic E-state index is 10.4. The van der Waals surface area contributed by atoms with Crippen molar-refractivity contribution >= 4 is 11.9 Å². The Morgan fingerprint density at radius 2 is 1.88 bits per heavy atom. The van der Waals surface area contributed by atoms with E-state index >= 15 is 0 Å². The van der Waals surface area contributed by atoms with Crippen LogP contribution in [-0.2, 0) is 0 Å². The molecule has 0 saturated heterocycles. The van der Waals surface area contributed by atoms with Crippen LogP contribution in [-0.4, -0.2) is 16.3 Å². The molecule has 0 aliphatic heterocycles. The number of rotatable bonds is 4. The number of carbonyl (C=O) groups excluding carboxylic acids is 1. The molecule has 0 aliphatic rings. The molecule has 1 aromatic rings. The van der Waals surface area contributed by atoms with Gasteiger partial charge in [-0.15, -0.1) is 0 Å². The Bertz CT molecular complexity index is 403. The quantitative estimate of drug-likeness (QED) is 0.587. The van der Waals surface area contributed by atoms with E-state index in [0.717, 1.165) is 11.1 Å². The molecule has 0 N–H and O–H groups in total. The van der Waals surface area contributed by atoms with Gasteiger partial charge in [-0.3, -0.25) is 4.79 Å². The molecule has 0 spiro atoms. The van der Waals surface area contributed by atoms with Crippen molar-refractivity contribution in [2.45, 2.75) is 20.8 Å². The van der Waals surface area contributed by atoms with Crippen molar-refractivity contribution in [1.29, 1.82) is 0 Å². The van der Waals surface area contributed by atoms with Gasteiger partial charge in [-0.05, 0) is 12.5 Å². The van der Waals surface area contributed by atoms with Crippen LogP contribution in [0.5, 0.6) is 0 Å². The Labute approximate surface area is 103 Å². The molecule has 17 heavy (non-hydrogen) atoms. The lowest BCUT2D eigenvalue weighted by Gasteiger charge is -1.99. The van der Waals surface area contributed by atoms with E-state index in [9.17, 15) is 4.79 Å². The lowest BCUT2D eigenvalue weighted by atomic mass is 10.1. The largest absolute Gasteiger partial charge is 0.294 e. The van der Waals surface area contributed by atoms with E-state index in [-0.39, 0.29) is 5.82 Å². The molecule has 0 bridgehead atoms. The minimum Gasteiger partial charge on any atom is -0.294 e. The molecular formula is C14H18N2O. The van der Waals surface area contributed by atoms with Crippen LogP contribution in [0, 0.1) is 0 Å². The van der Waals surface area contributed by atoms with E-state index in [4.69, 9.17) is 0 Å². The third-order valence-electron chi connectivity index (χ3n) is 1.83. The van der Waals surface area contributed by atoms with Gasteiger partial charge in [0.15, 0.2) is 12.1 Å². The lowest BCUT2D eigenvalue weighted by molar-refractivity contribution is 0.111. The molecule has 0 fully saturated rings. The van der Waals surface area contributed by atoms with Gasteiger partial charge in [-0.1, -0.05) is 44.7 Å². The summed E-state index contributed by atoms with van der Waals surface area (Å²) in [5.74, 6) is 0.196. The van der Waals surface area contributed by atoms with Gasteiger partial charge in [0.25, 0.3) is 0 Å². The Morgan fingerprint density at radius 1 is 1.29 bits per heavy atom. The average molecular weight is 230 g/mol. The van der Waals surface area contributed by atoms with Crippen LogP contribution < -0.4 is 0 Å². The van der Waals surface area contributed by atoms with Gasteiger partial charge >= 0.3 is 0 Å². The van der Waals surface area contributed by atoms with E-state index in [2.05, 4.69) is 16.5 Å². The SMILES string of the molecule is C=C/C=C\C(=C/C)c1cnc(C=O)nc1.CC. The van der Waals surface area contributed by atoms with Crippen LogP contribution in [0.2, 0.25) is 0 Å². The van der Waals surface area contributed by atoms with Crippen molar-refractivity contribution in [1.82, 2.24) is 9.97 Å². The second-order valence-corrected chi connectivity index (χ2v) is 2.79. The van der Waals surface area contributed by atoms with Gasteiger partial charge in [0, 0.05) is 18.0 Å². The summed E-state index contributed by atoms with van der Waals surface area (Å²) in [4.78, 5) is 18.2. The first-order valence-electron chi connectivity index (χ1n) is 5.54. The Morgan fingerprint density at radius 3 is 2.29 bits per heavy atom. The predicted molar refractivity (Wildman–Crippen MR) is 71.8 cm³/mol. The van der Waals surface area contributed by atoms with Crippen LogP contribution in [0.4, 0.5) is 0 Å². The fourth-order valence-electron chi connectivity index (χ4n) is 1.08. The summed E-state index contributed by atoms with van der Waals surface area (Å²) in [5.41, 5.74) is 1.87. The molecule has 1 rings (SSSR count). The zero-order chi connectivity index (χ0) is 13.1. The van der Waals surface area contributed by atoms with Crippen molar-refractivity contribution in [2.24, 2.45) is 0 Å². The molecular weight excluding hydrogens is 212 g/mol. The summed E-state index contributed by atoms with van der Waals surface area (Å²) in [6, 6.07) is 0. The molecule has 0 aromatic carbocycles. The van der Waals surface area contributed by atoms with E-state index < -0.39 is 0 Å². The number of hydrogen-bond acceptors (Lipinski definition) is 3. The first-order chi connectivity index (χ1) is 8.31. The van der Waals surface area contributed by atoms with Crippen LogP contribution in [0.1, 0.15) is 37.0 Å². The van der Waals surface area contributed by atoms with Crippen molar-refractivity contribution in [3.8, 4) is 0 Å². The highest BCUT2D eigenvalue weighted by Crippen LogP contribution is 2.13. The fourth-order valence-corrected chi connectivity index (χ4v) is 1.08. The first kappa shape index (κ1) is 15.0. The van der Waals surface area contributed by atoms with Crippen LogP contribution in [0.3, 0.4) is 0 Å². The van der Waals surface area contributed by atoms with Gasteiger partial charge in [0.2, 0.25) is 0 Å². The van der Waals surface area contributed by atoms with Crippen LogP contribution in [0.15, 0.2) is 43.3 Å². The summed E-state index contributed by atoms with van der Waals surface area (Å²) in [6.45, 7) is 9.52.